The molecular weight excluding hydrogens is 332 g/mol. The number of ether oxygens (including phenoxy) is 1. The Kier molecular flexibility index (Phi) is 5.65. The van der Waals surface area contributed by atoms with Crippen LogP contribution in [0.15, 0.2) is 18.3 Å². The van der Waals surface area contributed by atoms with Gasteiger partial charge in [0.05, 0.1) is 25.3 Å². The summed E-state index contributed by atoms with van der Waals surface area (Å²) in [6, 6.07) is 3.30. The Balaban J connectivity index is 1.47. The van der Waals surface area contributed by atoms with Crippen molar-refractivity contribution in [1.29, 1.82) is 0 Å². The summed E-state index contributed by atoms with van der Waals surface area (Å²) >= 11 is 5.75. The molecule has 8 heteroatoms. The number of halogens is 1. The maximum Gasteiger partial charge on any atom is 0.255 e. The van der Waals surface area contributed by atoms with Gasteiger partial charge in [0.1, 0.15) is 5.15 Å². The summed E-state index contributed by atoms with van der Waals surface area (Å²) in [5.74, 6) is 0.0956. The molecule has 2 aliphatic rings. The molecule has 0 N–H and O–H groups in total. The highest BCUT2D eigenvalue weighted by Gasteiger charge is 2.25. The number of nitrogens with zero attached hydrogens (tertiary/aromatic N) is 4. The molecule has 1 aromatic rings. The van der Waals surface area contributed by atoms with Crippen molar-refractivity contribution in [1.82, 2.24) is 19.7 Å². The first-order chi connectivity index (χ1) is 11.6. The zero-order valence-electron chi connectivity index (χ0n) is 13.5. The van der Waals surface area contributed by atoms with Gasteiger partial charge in [-0.3, -0.25) is 14.5 Å². The third-order valence-electron chi connectivity index (χ3n) is 4.36. The molecule has 2 amide bonds. The molecule has 130 valence electrons. The molecule has 0 radical (unpaired) electrons. The van der Waals surface area contributed by atoms with Gasteiger partial charge in [-0.25, -0.2) is 4.98 Å². The van der Waals surface area contributed by atoms with Crippen molar-refractivity contribution in [2.75, 3.05) is 59.0 Å². The third kappa shape index (κ3) is 4.23. The van der Waals surface area contributed by atoms with E-state index in [1.54, 1.807) is 17.0 Å². The van der Waals surface area contributed by atoms with Crippen LogP contribution in [-0.2, 0) is 9.53 Å². The molecular formula is C16H21ClN4O3. The minimum absolute atomic E-state index is 0.0432. The summed E-state index contributed by atoms with van der Waals surface area (Å²) in [7, 11) is 0. The van der Waals surface area contributed by atoms with E-state index in [-0.39, 0.29) is 11.8 Å². The molecule has 0 spiro atoms. The summed E-state index contributed by atoms with van der Waals surface area (Å²) in [5.41, 5.74) is 0.539. The van der Waals surface area contributed by atoms with Gasteiger partial charge in [-0.1, -0.05) is 11.6 Å². The Hall–Kier alpha value is -1.70. The SMILES string of the molecule is O=C(CN1CCN(C(=O)c2ccc(Cl)nc2)CC1)N1CCOCC1. The first-order valence-electron chi connectivity index (χ1n) is 8.12. The number of pyridine rings is 1. The quantitative estimate of drug-likeness (QED) is 0.734. The maximum absolute atomic E-state index is 12.4. The number of rotatable bonds is 3. The first kappa shape index (κ1) is 17.1. The molecule has 2 aliphatic heterocycles. The maximum atomic E-state index is 12.4. The molecule has 0 bridgehead atoms. The highest BCUT2D eigenvalue weighted by molar-refractivity contribution is 6.29. The van der Waals surface area contributed by atoms with E-state index in [1.807, 2.05) is 4.90 Å². The number of hydrogen-bond acceptors (Lipinski definition) is 5. The monoisotopic (exact) mass is 352 g/mol. The topological polar surface area (TPSA) is 66.0 Å². The van der Waals surface area contributed by atoms with E-state index in [9.17, 15) is 9.59 Å². The lowest BCUT2D eigenvalue weighted by molar-refractivity contribution is -0.136. The van der Waals surface area contributed by atoms with Crippen molar-refractivity contribution in [3.63, 3.8) is 0 Å². The molecule has 0 aromatic carbocycles. The van der Waals surface area contributed by atoms with Gasteiger partial charge in [0.2, 0.25) is 5.91 Å². The van der Waals surface area contributed by atoms with E-state index in [0.29, 0.717) is 69.7 Å². The summed E-state index contributed by atoms with van der Waals surface area (Å²) in [4.78, 5) is 34.4. The fourth-order valence-corrected chi connectivity index (χ4v) is 3.01. The molecule has 0 atom stereocenters. The van der Waals surface area contributed by atoms with Crippen molar-refractivity contribution in [3.8, 4) is 0 Å². The third-order valence-corrected chi connectivity index (χ3v) is 4.58. The zero-order valence-corrected chi connectivity index (χ0v) is 14.2. The van der Waals surface area contributed by atoms with Crippen LogP contribution in [0.3, 0.4) is 0 Å². The van der Waals surface area contributed by atoms with Gasteiger partial charge in [-0.15, -0.1) is 0 Å². The lowest BCUT2D eigenvalue weighted by atomic mass is 10.2. The van der Waals surface area contributed by atoms with E-state index in [0.717, 1.165) is 0 Å². The van der Waals surface area contributed by atoms with Crippen molar-refractivity contribution in [2.45, 2.75) is 0 Å². The van der Waals surface area contributed by atoms with Gasteiger partial charge in [-0.2, -0.15) is 0 Å². The van der Waals surface area contributed by atoms with Crippen molar-refractivity contribution >= 4 is 23.4 Å². The van der Waals surface area contributed by atoms with Gasteiger partial charge in [-0.05, 0) is 12.1 Å². The van der Waals surface area contributed by atoms with Crippen LogP contribution in [0.25, 0.3) is 0 Å². The lowest BCUT2D eigenvalue weighted by Gasteiger charge is -2.36. The predicted molar refractivity (Wildman–Crippen MR) is 89.0 cm³/mol. The normalized spacial score (nSPS) is 19.4. The minimum Gasteiger partial charge on any atom is -0.378 e. The Morgan fingerprint density at radius 3 is 2.38 bits per heavy atom. The van der Waals surface area contributed by atoms with Crippen molar-refractivity contribution in [3.05, 3.63) is 29.0 Å². The highest BCUT2D eigenvalue weighted by atomic mass is 35.5. The van der Waals surface area contributed by atoms with Gasteiger partial charge < -0.3 is 14.5 Å². The largest absolute Gasteiger partial charge is 0.378 e. The van der Waals surface area contributed by atoms with Crippen LogP contribution in [0.5, 0.6) is 0 Å². The van der Waals surface area contributed by atoms with E-state index >= 15 is 0 Å². The Bertz CT molecular complexity index is 581. The van der Waals surface area contributed by atoms with E-state index < -0.39 is 0 Å². The van der Waals surface area contributed by atoms with E-state index in [2.05, 4.69) is 9.88 Å². The van der Waals surface area contributed by atoms with Crippen LogP contribution in [0.2, 0.25) is 5.15 Å². The number of carbonyl (C=O) groups excluding carboxylic acids is 2. The Morgan fingerprint density at radius 2 is 1.75 bits per heavy atom. The van der Waals surface area contributed by atoms with Crippen LogP contribution >= 0.6 is 11.6 Å². The smallest absolute Gasteiger partial charge is 0.255 e. The minimum atomic E-state index is -0.0432. The predicted octanol–water partition coefficient (Wildman–Crippen LogP) is 0.352. The number of morpholine rings is 1. The number of carbonyl (C=O) groups is 2. The Morgan fingerprint density at radius 1 is 1.04 bits per heavy atom. The van der Waals surface area contributed by atoms with Gasteiger partial charge in [0.15, 0.2) is 0 Å². The second kappa shape index (κ2) is 7.92. The molecule has 2 fully saturated rings. The lowest BCUT2D eigenvalue weighted by Crippen LogP contribution is -2.52. The first-order valence-corrected chi connectivity index (χ1v) is 8.50. The summed E-state index contributed by atoms with van der Waals surface area (Å²) < 4.78 is 5.26. The molecule has 0 unspecified atom stereocenters. The molecule has 3 rings (SSSR count). The fraction of sp³-hybridized carbons (Fsp3) is 0.562. The van der Waals surface area contributed by atoms with Crippen LogP contribution in [0, 0.1) is 0 Å². The molecule has 0 saturated carbocycles. The van der Waals surface area contributed by atoms with E-state index in [1.165, 1.54) is 6.20 Å². The second-order valence-corrected chi connectivity index (χ2v) is 6.32. The van der Waals surface area contributed by atoms with Gasteiger partial charge in [0, 0.05) is 45.5 Å². The summed E-state index contributed by atoms with van der Waals surface area (Å²) in [6.45, 7) is 5.58. The van der Waals surface area contributed by atoms with Crippen LogP contribution < -0.4 is 0 Å². The van der Waals surface area contributed by atoms with Crippen molar-refractivity contribution < 1.29 is 14.3 Å². The molecule has 0 aliphatic carbocycles. The molecule has 1 aromatic heterocycles. The molecule has 3 heterocycles. The average molecular weight is 353 g/mol. The van der Waals surface area contributed by atoms with Gasteiger partial charge in [0.25, 0.3) is 5.91 Å². The van der Waals surface area contributed by atoms with Crippen molar-refractivity contribution in [2.24, 2.45) is 0 Å². The number of piperazine rings is 1. The number of hydrogen-bond donors (Lipinski definition) is 0. The summed E-state index contributed by atoms with van der Waals surface area (Å²) in [5, 5.41) is 0.373. The second-order valence-electron chi connectivity index (χ2n) is 5.93. The van der Waals surface area contributed by atoms with Crippen LogP contribution in [-0.4, -0.2) is 90.5 Å². The number of aromatic nitrogens is 1. The standard InChI is InChI=1S/C16H21ClN4O3/c17-14-2-1-13(11-18-14)16(23)21-5-3-19(4-6-21)12-15(22)20-7-9-24-10-8-20/h1-2,11H,3-10,12H2. The Labute approximate surface area is 146 Å². The zero-order chi connectivity index (χ0) is 16.9. The molecule has 2 saturated heterocycles. The van der Waals surface area contributed by atoms with E-state index in [4.69, 9.17) is 16.3 Å². The highest BCUT2D eigenvalue weighted by Crippen LogP contribution is 2.11. The fourth-order valence-electron chi connectivity index (χ4n) is 2.90. The van der Waals surface area contributed by atoms with Crippen LogP contribution in [0.1, 0.15) is 10.4 Å². The van der Waals surface area contributed by atoms with Crippen LogP contribution in [0.4, 0.5) is 0 Å². The number of amides is 2. The average Bonchev–Trinajstić information content (AvgIpc) is 2.63. The molecule has 24 heavy (non-hydrogen) atoms. The summed E-state index contributed by atoms with van der Waals surface area (Å²) in [6.07, 6.45) is 1.50. The van der Waals surface area contributed by atoms with Gasteiger partial charge >= 0.3 is 0 Å². The molecule has 7 nitrogen and oxygen atoms in total.